The zero-order valence-electron chi connectivity index (χ0n) is 21.4. The van der Waals surface area contributed by atoms with E-state index in [4.69, 9.17) is 15.2 Å². The lowest BCUT2D eigenvalue weighted by Gasteiger charge is -2.40. The maximum absolute atomic E-state index is 12.3. The van der Waals surface area contributed by atoms with E-state index in [-0.39, 0.29) is 11.6 Å². The van der Waals surface area contributed by atoms with E-state index in [0.717, 1.165) is 49.0 Å². The number of fused-ring (bicyclic) bond motifs is 1. The predicted octanol–water partition coefficient (Wildman–Crippen LogP) is 5.29. The third kappa shape index (κ3) is 5.35. The molecule has 1 amide bonds. The zero-order valence-corrected chi connectivity index (χ0v) is 21.4. The first kappa shape index (κ1) is 24.8. The first-order chi connectivity index (χ1) is 16.7. The maximum Gasteiger partial charge on any atom is 0.252 e. The van der Waals surface area contributed by atoms with Crippen molar-refractivity contribution < 1.29 is 14.3 Å². The van der Waals surface area contributed by atoms with Crippen molar-refractivity contribution in [2.75, 3.05) is 25.5 Å². The summed E-state index contributed by atoms with van der Waals surface area (Å²) in [7, 11) is 1.63. The van der Waals surface area contributed by atoms with E-state index in [9.17, 15) is 4.79 Å². The highest BCUT2D eigenvalue weighted by Gasteiger charge is 2.28. The van der Waals surface area contributed by atoms with Crippen LogP contribution in [-0.4, -0.2) is 47.6 Å². The molecule has 0 radical (unpaired) electrons. The fourth-order valence-electron chi connectivity index (χ4n) is 4.68. The molecule has 2 heterocycles. The molecule has 0 spiro atoms. The molecule has 7 heteroatoms. The molecule has 1 aliphatic heterocycles. The fraction of sp³-hybridized carbons (Fsp3) is 0.429. The number of likely N-dealkylation sites (tertiary alicyclic amines) is 1. The Morgan fingerprint density at radius 1 is 1.17 bits per heavy atom. The Balaban J connectivity index is 1.73. The number of anilines is 2. The van der Waals surface area contributed by atoms with E-state index >= 15 is 0 Å². The number of rotatable bonds is 7. The smallest absolute Gasteiger partial charge is 0.252 e. The highest BCUT2D eigenvalue weighted by Crippen LogP contribution is 2.39. The number of nitrogens with zero attached hydrogens (tertiary/aromatic N) is 2. The Morgan fingerprint density at radius 3 is 2.51 bits per heavy atom. The summed E-state index contributed by atoms with van der Waals surface area (Å²) < 4.78 is 12.1. The van der Waals surface area contributed by atoms with Gasteiger partial charge < -0.3 is 20.5 Å². The Labute approximate surface area is 207 Å². The molecular formula is C28H36N4O3. The van der Waals surface area contributed by atoms with Gasteiger partial charge in [0.15, 0.2) is 11.5 Å². The number of methoxy groups -OCH3 is 1. The van der Waals surface area contributed by atoms with E-state index in [0.29, 0.717) is 28.3 Å². The number of aromatic nitrogens is 1. The molecule has 35 heavy (non-hydrogen) atoms. The van der Waals surface area contributed by atoms with Crippen LogP contribution < -0.4 is 20.5 Å². The van der Waals surface area contributed by atoms with Crippen molar-refractivity contribution in [1.29, 1.82) is 0 Å². The second kappa shape index (κ2) is 10.1. The molecule has 0 aliphatic carbocycles. The number of hydrogen-bond acceptors (Lipinski definition) is 6. The number of amides is 1. The van der Waals surface area contributed by atoms with Crippen molar-refractivity contribution in [3.63, 3.8) is 0 Å². The lowest BCUT2D eigenvalue weighted by atomic mass is 9.99. The molecule has 186 valence electrons. The van der Waals surface area contributed by atoms with Crippen LogP contribution in [0.15, 0.2) is 42.6 Å². The van der Waals surface area contributed by atoms with Gasteiger partial charge in [-0.3, -0.25) is 14.7 Å². The fourth-order valence-corrected chi connectivity index (χ4v) is 4.68. The summed E-state index contributed by atoms with van der Waals surface area (Å²) in [5, 5.41) is 4.22. The monoisotopic (exact) mass is 476 g/mol. The number of pyridine rings is 1. The number of nitrogens with one attached hydrogen (secondary N) is 1. The summed E-state index contributed by atoms with van der Waals surface area (Å²) >= 11 is 0. The Morgan fingerprint density at radius 2 is 1.89 bits per heavy atom. The molecule has 1 aliphatic rings. The van der Waals surface area contributed by atoms with Crippen molar-refractivity contribution in [1.82, 2.24) is 9.88 Å². The van der Waals surface area contributed by atoms with Crippen molar-refractivity contribution in [3.05, 3.63) is 53.7 Å². The maximum atomic E-state index is 12.3. The predicted molar refractivity (Wildman–Crippen MR) is 141 cm³/mol. The summed E-state index contributed by atoms with van der Waals surface area (Å²) in [5.41, 5.74) is 9.61. The number of benzene rings is 2. The van der Waals surface area contributed by atoms with Crippen LogP contribution in [0, 0.1) is 0 Å². The number of carbonyl (C=O) groups is 1. The molecule has 7 nitrogen and oxygen atoms in total. The summed E-state index contributed by atoms with van der Waals surface area (Å²) in [6.45, 7) is 10.8. The molecule has 2 aromatic carbocycles. The first-order valence-corrected chi connectivity index (χ1v) is 12.3. The van der Waals surface area contributed by atoms with Crippen molar-refractivity contribution in [2.24, 2.45) is 5.73 Å². The molecule has 0 saturated carbocycles. The van der Waals surface area contributed by atoms with E-state index in [1.807, 2.05) is 30.3 Å². The van der Waals surface area contributed by atoms with Crippen LogP contribution >= 0.6 is 0 Å². The van der Waals surface area contributed by atoms with E-state index in [2.05, 4.69) is 49.0 Å². The number of hydrogen-bond donors (Lipinski definition) is 2. The Bertz CT molecular complexity index is 1210. The van der Waals surface area contributed by atoms with E-state index < -0.39 is 5.91 Å². The molecule has 3 N–H and O–H groups in total. The molecule has 3 aromatic rings. The second-order valence-electron chi connectivity index (χ2n) is 10.0. The number of primary amides is 1. The normalized spacial score (nSPS) is 15.2. The quantitative estimate of drug-likeness (QED) is 0.482. The summed E-state index contributed by atoms with van der Waals surface area (Å²) in [6.07, 6.45) is 4.33. The van der Waals surface area contributed by atoms with Gasteiger partial charge in [0.1, 0.15) is 6.10 Å². The molecule has 0 bridgehead atoms. The number of piperidine rings is 1. The average molecular weight is 477 g/mol. The number of ether oxygens (including phenoxy) is 2. The molecular weight excluding hydrogens is 440 g/mol. The Kier molecular flexibility index (Phi) is 7.17. The minimum absolute atomic E-state index is 0.0875. The van der Waals surface area contributed by atoms with Crippen LogP contribution in [0.5, 0.6) is 11.5 Å². The van der Waals surface area contributed by atoms with Crippen LogP contribution in [0.3, 0.4) is 0 Å². The number of aryl methyl sites for hydroxylation is 1. The summed E-state index contributed by atoms with van der Waals surface area (Å²) in [4.78, 5) is 19.3. The van der Waals surface area contributed by atoms with Crippen LogP contribution in [0.2, 0.25) is 0 Å². The molecule has 4 rings (SSSR count). The van der Waals surface area contributed by atoms with Crippen molar-refractivity contribution in [2.45, 2.75) is 58.6 Å². The molecule has 1 aromatic heterocycles. The van der Waals surface area contributed by atoms with Gasteiger partial charge in [0.25, 0.3) is 5.91 Å². The lowest BCUT2D eigenvalue weighted by molar-refractivity contribution is 0.0481. The van der Waals surface area contributed by atoms with Gasteiger partial charge >= 0.3 is 0 Å². The Hall–Kier alpha value is -3.32. The SMILES string of the molecule is CCc1ccccc1Nc1c(C(N)=O)cnc2cc(OC)c(OC3CCN(C(C)(C)C)CC3)cc12. The zero-order chi connectivity index (χ0) is 25.2. The highest BCUT2D eigenvalue weighted by atomic mass is 16.5. The first-order valence-electron chi connectivity index (χ1n) is 12.3. The van der Waals surface area contributed by atoms with Gasteiger partial charge in [-0.25, -0.2) is 0 Å². The van der Waals surface area contributed by atoms with Gasteiger partial charge in [0.05, 0.1) is 23.9 Å². The van der Waals surface area contributed by atoms with Gasteiger partial charge in [0, 0.05) is 42.0 Å². The second-order valence-corrected chi connectivity index (χ2v) is 10.0. The van der Waals surface area contributed by atoms with Crippen molar-refractivity contribution in [3.8, 4) is 11.5 Å². The van der Waals surface area contributed by atoms with E-state index in [1.54, 1.807) is 7.11 Å². The van der Waals surface area contributed by atoms with E-state index in [1.165, 1.54) is 6.20 Å². The minimum Gasteiger partial charge on any atom is -0.493 e. The number of nitrogens with two attached hydrogens (primary N) is 1. The molecule has 0 atom stereocenters. The van der Waals surface area contributed by atoms with Crippen LogP contribution in [0.4, 0.5) is 11.4 Å². The van der Waals surface area contributed by atoms with Crippen LogP contribution in [0.25, 0.3) is 10.9 Å². The van der Waals surface area contributed by atoms with Crippen molar-refractivity contribution >= 4 is 28.2 Å². The van der Waals surface area contributed by atoms with Crippen LogP contribution in [-0.2, 0) is 6.42 Å². The standard InChI is InChI=1S/C28H36N4O3/c1-6-18-9-7-8-10-22(18)31-26-20-15-25(35-19-11-13-32(14-12-19)28(2,3)4)24(34-5)16-23(20)30-17-21(26)27(29)33/h7-10,15-17,19H,6,11-14H2,1-5H3,(H2,29,33)(H,30,31). The van der Waals surface area contributed by atoms with Gasteiger partial charge in [-0.1, -0.05) is 25.1 Å². The van der Waals surface area contributed by atoms with Gasteiger partial charge in [-0.15, -0.1) is 0 Å². The van der Waals surface area contributed by atoms with Gasteiger partial charge in [0.2, 0.25) is 0 Å². The molecule has 0 unspecified atom stereocenters. The summed E-state index contributed by atoms with van der Waals surface area (Å²) in [5.74, 6) is 0.725. The largest absolute Gasteiger partial charge is 0.493 e. The minimum atomic E-state index is -0.538. The van der Waals surface area contributed by atoms with Crippen LogP contribution in [0.1, 0.15) is 56.5 Å². The molecule has 1 saturated heterocycles. The number of para-hydroxylation sites is 1. The van der Waals surface area contributed by atoms with Gasteiger partial charge in [-0.05, 0) is 57.7 Å². The third-order valence-electron chi connectivity index (χ3n) is 6.76. The average Bonchev–Trinajstić information content (AvgIpc) is 2.84. The third-order valence-corrected chi connectivity index (χ3v) is 6.76. The molecule has 1 fully saturated rings. The number of carbonyl (C=O) groups excluding carboxylic acids is 1. The topological polar surface area (TPSA) is 89.7 Å². The van der Waals surface area contributed by atoms with Gasteiger partial charge in [-0.2, -0.15) is 0 Å². The lowest BCUT2D eigenvalue weighted by Crippen LogP contribution is -2.48. The highest BCUT2D eigenvalue weighted by molar-refractivity contribution is 6.08. The summed E-state index contributed by atoms with van der Waals surface area (Å²) in [6, 6.07) is 11.8.